The lowest BCUT2D eigenvalue weighted by atomic mass is 9.94. The highest BCUT2D eigenvalue weighted by Crippen LogP contribution is 2.52. The number of hydrogen-bond acceptors (Lipinski definition) is 5. The number of ether oxygens (including phenoxy) is 1. The van der Waals surface area contributed by atoms with E-state index >= 15 is 0 Å². The molecule has 0 bridgehead atoms. The number of anilines is 2. The Morgan fingerprint density at radius 3 is 2.76 bits per heavy atom. The molecule has 0 radical (unpaired) electrons. The number of rotatable bonds is 4. The molecule has 21 heavy (non-hydrogen) atoms. The maximum atomic E-state index is 11.8. The molecule has 0 amide bonds. The Bertz CT molecular complexity index is 565. The summed E-state index contributed by atoms with van der Waals surface area (Å²) < 4.78 is 5.70. The topological polar surface area (TPSA) is 55.6 Å². The van der Waals surface area contributed by atoms with E-state index in [2.05, 4.69) is 11.8 Å². The highest BCUT2D eigenvalue weighted by molar-refractivity contribution is 7.18. The summed E-state index contributed by atoms with van der Waals surface area (Å²) in [6, 6.07) is 0. The zero-order valence-electron chi connectivity index (χ0n) is 13.1. The molecule has 1 aliphatic heterocycles. The molecule has 1 unspecified atom stereocenters. The molecule has 1 aromatic rings. The van der Waals surface area contributed by atoms with Crippen LogP contribution in [0.2, 0.25) is 0 Å². The van der Waals surface area contributed by atoms with Crippen molar-refractivity contribution in [3.63, 3.8) is 0 Å². The van der Waals surface area contributed by atoms with Gasteiger partial charge in [-0.05, 0) is 38.5 Å². The Hall–Kier alpha value is -1.07. The first-order valence-electron chi connectivity index (χ1n) is 7.68. The Morgan fingerprint density at radius 1 is 1.48 bits per heavy atom. The van der Waals surface area contributed by atoms with Crippen LogP contribution in [-0.2, 0) is 4.74 Å². The minimum atomic E-state index is -0.103. The van der Waals surface area contributed by atoms with Crippen LogP contribution in [0.4, 0.5) is 10.7 Å². The molecule has 1 aliphatic carbocycles. The number of hydrogen-bond donors (Lipinski definition) is 1. The van der Waals surface area contributed by atoms with Gasteiger partial charge in [-0.1, -0.05) is 0 Å². The molecule has 1 saturated heterocycles. The third-order valence-electron chi connectivity index (χ3n) is 4.71. The predicted molar refractivity (Wildman–Crippen MR) is 87.6 cm³/mol. The largest absolute Gasteiger partial charge is 0.397 e. The summed E-state index contributed by atoms with van der Waals surface area (Å²) in [5, 5.41) is 1.21. The van der Waals surface area contributed by atoms with Gasteiger partial charge in [0.25, 0.3) is 0 Å². The Morgan fingerprint density at radius 2 is 2.19 bits per heavy atom. The fraction of sp³-hybridized carbons (Fsp3) is 0.688. The molecular weight excluding hydrogens is 284 g/mol. The van der Waals surface area contributed by atoms with Gasteiger partial charge >= 0.3 is 0 Å². The van der Waals surface area contributed by atoms with Crippen LogP contribution < -0.4 is 10.6 Å². The van der Waals surface area contributed by atoms with E-state index in [0.717, 1.165) is 36.5 Å². The van der Waals surface area contributed by atoms with E-state index < -0.39 is 0 Å². The normalized spacial score (nSPS) is 26.1. The molecule has 5 heteroatoms. The maximum Gasteiger partial charge on any atom is 0.171 e. The smallest absolute Gasteiger partial charge is 0.171 e. The van der Waals surface area contributed by atoms with Gasteiger partial charge in [-0.25, -0.2) is 0 Å². The second-order valence-corrected chi connectivity index (χ2v) is 7.57. The predicted octanol–water partition coefficient (Wildman–Crippen LogP) is 3.42. The van der Waals surface area contributed by atoms with E-state index in [1.54, 1.807) is 25.4 Å². The van der Waals surface area contributed by atoms with Crippen LogP contribution in [0.1, 0.15) is 60.7 Å². The van der Waals surface area contributed by atoms with Crippen LogP contribution in [0.3, 0.4) is 0 Å². The highest BCUT2D eigenvalue weighted by Gasteiger charge is 2.37. The average molecular weight is 308 g/mol. The Kier molecular flexibility index (Phi) is 3.74. The van der Waals surface area contributed by atoms with Gasteiger partial charge in [0.2, 0.25) is 0 Å². The van der Waals surface area contributed by atoms with Crippen molar-refractivity contribution in [1.82, 2.24) is 0 Å². The number of ketones is 1. The summed E-state index contributed by atoms with van der Waals surface area (Å²) in [5.74, 6) is 0.636. The van der Waals surface area contributed by atoms with Gasteiger partial charge in [-0.3, -0.25) is 4.79 Å². The number of nitrogens with two attached hydrogens (primary N) is 1. The lowest BCUT2D eigenvalue weighted by Crippen LogP contribution is -2.47. The first-order valence-corrected chi connectivity index (χ1v) is 8.50. The summed E-state index contributed by atoms with van der Waals surface area (Å²) >= 11 is 1.58. The van der Waals surface area contributed by atoms with Crippen LogP contribution in [0.5, 0.6) is 0 Å². The summed E-state index contributed by atoms with van der Waals surface area (Å²) in [7, 11) is 1.79. The van der Waals surface area contributed by atoms with Gasteiger partial charge in [0.05, 0.1) is 21.2 Å². The zero-order valence-corrected chi connectivity index (χ0v) is 13.9. The van der Waals surface area contributed by atoms with Gasteiger partial charge in [-0.2, -0.15) is 0 Å². The first kappa shape index (κ1) is 14.9. The third kappa shape index (κ3) is 2.69. The molecule has 4 nitrogen and oxygen atoms in total. The summed E-state index contributed by atoms with van der Waals surface area (Å²) in [4.78, 5) is 14.9. The van der Waals surface area contributed by atoms with Gasteiger partial charge in [-0.15, -0.1) is 11.3 Å². The van der Waals surface area contributed by atoms with Crippen molar-refractivity contribution < 1.29 is 9.53 Å². The molecule has 2 N–H and O–H groups in total. The fourth-order valence-electron chi connectivity index (χ4n) is 3.25. The molecule has 116 valence electrons. The molecular formula is C16H24N2O2S. The van der Waals surface area contributed by atoms with E-state index in [4.69, 9.17) is 10.5 Å². The van der Waals surface area contributed by atoms with E-state index in [1.807, 2.05) is 0 Å². The number of carbonyl (C=O) groups is 1. The first-order chi connectivity index (χ1) is 9.95. The second-order valence-electron chi connectivity index (χ2n) is 6.57. The number of Topliss-reactive ketones (excluding diaryl/α,β-unsaturated/α-hetero) is 1. The number of piperidine rings is 1. The summed E-state index contributed by atoms with van der Waals surface area (Å²) in [6.07, 6.45) is 4.59. The Labute approximate surface area is 130 Å². The van der Waals surface area contributed by atoms with Crippen molar-refractivity contribution in [2.45, 2.75) is 51.0 Å². The zero-order chi connectivity index (χ0) is 15.2. The molecule has 3 rings (SSSR count). The molecule has 1 aromatic heterocycles. The summed E-state index contributed by atoms with van der Waals surface area (Å²) in [6.45, 7) is 5.67. The number of nitrogen functional groups attached to an aromatic ring is 1. The summed E-state index contributed by atoms with van der Waals surface area (Å²) in [5.41, 5.74) is 8.14. The van der Waals surface area contributed by atoms with Crippen molar-refractivity contribution >= 4 is 27.8 Å². The molecule has 2 aliphatic rings. The van der Waals surface area contributed by atoms with E-state index in [-0.39, 0.29) is 11.4 Å². The molecule has 1 atom stereocenters. The van der Waals surface area contributed by atoms with Crippen LogP contribution in [-0.4, -0.2) is 31.6 Å². The number of methoxy groups -OCH3 is 1. The van der Waals surface area contributed by atoms with Crippen molar-refractivity contribution in [2.75, 3.05) is 30.8 Å². The average Bonchev–Trinajstić information content (AvgIpc) is 3.22. The second kappa shape index (κ2) is 5.29. The van der Waals surface area contributed by atoms with Crippen molar-refractivity contribution in [3.8, 4) is 0 Å². The van der Waals surface area contributed by atoms with Crippen LogP contribution in [0, 0.1) is 0 Å². The van der Waals surface area contributed by atoms with Crippen molar-refractivity contribution in [3.05, 3.63) is 10.4 Å². The van der Waals surface area contributed by atoms with Gasteiger partial charge < -0.3 is 15.4 Å². The number of nitrogens with zero attached hydrogens (tertiary/aromatic N) is 1. The van der Waals surface area contributed by atoms with Gasteiger partial charge in [0.1, 0.15) is 0 Å². The van der Waals surface area contributed by atoms with Crippen LogP contribution in [0.25, 0.3) is 0 Å². The standard InChI is InChI=1S/C16H24N2O2S/c1-10(19)14-13(17)12(11-5-6-11)15(21-14)18-8-4-7-16(2,9-18)20-3/h11H,4-9,17H2,1-3H3. The molecule has 1 saturated carbocycles. The fourth-order valence-corrected chi connectivity index (χ4v) is 4.48. The third-order valence-corrected chi connectivity index (χ3v) is 6.09. The molecule has 0 spiro atoms. The number of thiophene rings is 1. The SMILES string of the molecule is COC1(C)CCCN(c2sc(C(C)=O)c(N)c2C2CC2)C1. The van der Waals surface area contributed by atoms with E-state index in [1.165, 1.54) is 23.4 Å². The van der Waals surface area contributed by atoms with E-state index in [9.17, 15) is 4.79 Å². The molecule has 0 aromatic carbocycles. The van der Waals surface area contributed by atoms with Gasteiger partial charge in [0, 0.05) is 32.7 Å². The molecule has 2 heterocycles. The molecule has 2 fully saturated rings. The monoisotopic (exact) mass is 308 g/mol. The quantitative estimate of drug-likeness (QED) is 0.866. The highest BCUT2D eigenvalue weighted by atomic mass is 32.1. The lowest BCUT2D eigenvalue weighted by Gasteiger charge is -2.40. The van der Waals surface area contributed by atoms with E-state index in [0.29, 0.717) is 5.92 Å². The minimum Gasteiger partial charge on any atom is -0.397 e. The van der Waals surface area contributed by atoms with Crippen molar-refractivity contribution in [1.29, 1.82) is 0 Å². The number of carbonyl (C=O) groups excluding carboxylic acids is 1. The van der Waals surface area contributed by atoms with Crippen LogP contribution >= 0.6 is 11.3 Å². The van der Waals surface area contributed by atoms with Crippen LogP contribution in [0.15, 0.2) is 0 Å². The van der Waals surface area contributed by atoms with Gasteiger partial charge in [0.15, 0.2) is 5.78 Å². The Balaban J connectivity index is 1.97. The maximum absolute atomic E-state index is 11.8. The lowest BCUT2D eigenvalue weighted by molar-refractivity contribution is -0.00454. The minimum absolute atomic E-state index is 0.0807. The van der Waals surface area contributed by atoms with Crippen molar-refractivity contribution in [2.24, 2.45) is 0 Å².